The van der Waals surface area contributed by atoms with E-state index in [0.29, 0.717) is 16.4 Å². The highest BCUT2D eigenvalue weighted by molar-refractivity contribution is 7.99. The van der Waals surface area contributed by atoms with Crippen molar-refractivity contribution in [2.24, 2.45) is 0 Å². The fraction of sp³-hybridized carbons (Fsp3) is 0.333. The third-order valence-electron chi connectivity index (χ3n) is 2.59. The Bertz CT molecular complexity index is 725. The molecule has 2 heterocycles. The Kier molecular flexibility index (Phi) is 4.97. The third kappa shape index (κ3) is 4.05. The van der Waals surface area contributed by atoms with Crippen LogP contribution in [0.2, 0.25) is 0 Å². The number of nitrogens with zero attached hydrogens (tertiary/aromatic N) is 2. The largest absolute Gasteiger partial charge is 0.480 e. The summed E-state index contributed by atoms with van der Waals surface area (Å²) >= 11 is 2.64. The lowest BCUT2D eigenvalue weighted by molar-refractivity contribution is -0.140. The van der Waals surface area contributed by atoms with E-state index in [-0.39, 0.29) is 17.2 Å². The van der Waals surface area contributed by atoms with Gasteiger partial charge in [-0.1, -0.05) is 0 Å². The quantitative estimate of drug-likeness (QED) is 0.805. The van der Waals surface area contributed by atoms with Gasteiger partial charge in [0.1, 0.15) is 6.04 Å². The zero-order valence-electron chi connectivity index (χ0n) is 11.1. The molecule has 0 aliphatic carbocycles. The van der Waals surface area contributed by atoms with Gasteiger partial charge in [-0.25, -0.2) is 4.98 Å². The second kappa shape index (κ2) is 6.72. The number of amides is 1. The van der Waals surface area contributed by atoms with Gasteiger partial charge >= 0.3 is 5.97 Å². The topological polar surface area (TPSA) is 101 Å². The number of aromatic nitrogens is 2. The van der Waals surface area contributed by atoms with Crippen molar-refractivity contribution >= 4 is 39.9 Å². The van der Waals surface area contributed by atoms with Gasteiger partial charge in [0.25, 0.3) is 5.56 Å². The molecule has 2 rings (SSSR count). The standard InChI is InChI=1S/C12H13N3O4S2/c1-7(11(18)19)13-9(16)6-20-5-8-4-10(17)15-2-3-21-12(15)14-8/h2-4,7H,5-6H2,1H3,(H,13,16)(H,18,19). The van der Waals surface area contributed by atoms with Gasteiger partial charge in [0.2, 0.25) is 5.91 Å². The highest BCUT2D eigenvalue weighted by Crippen LogP contribution is 2.12. The summed E-state index contributed by atoms with van der Waals surface area (Å²) in [4.78, 5) is 38.8. The van der Waals surface area contributed by atoms with Gasteiger partial charge < -0.3 is 10.4 Å². The Morgan fingerprint density at radius 1 is 1.57 bits per heavy atom. The summed E-state index contributed by atoms with van der Waals surface area (Å²) < 4.78 is 1.46. The van der Waals surface area contributed by atoms with Crippen LogP contribution in [0, 0.1) is 0 Å². The Hall–Kier alpha value is -1.87. The van der Waals surface area contributed by atoms with Gasteiger partial charge in [-0.3, -0.25) is 18.8 Å². The molecule has 2 aromatic rings. The van der Waals surface area contributed by atoms with Crippen molar-refractivity contribution in [3.63, 3.8) is 0 Å². The van der Waals surface area contributed by atoms with Gasteiger partial charge in [-0.15, -0.1) is 23.1 Å². The maximum atomic E-state index is 11.8. The predicted molar refractivity (Wildman–Crippen MR) is 80.7 cm³/mol. The molecular weight excluding hydrogens is 314 g/mol. The van der Waals surface area contributed by atoms with Crippen LogP contribution in [0.25, 0.3) is 4.96 Å². The molecule has 0 aliphatic heterocycles. The Labute approximate surface area is 128 Å². The van der Waals surface area contributed by atoms with Gasteiger partial charge in [-0.05, 0) is 6.92 Å². The summed E-state index contributed by atoms with van der Waals surface area (Å²) in [5, 5.41) is 12.8. The van der Waals surface area contributed by atoms with Crippen LogP contribution < -0.4 is 10.9 Å². The summed E-state index contributed by atoms with van der Waals surface area (Å²) in [6, 6.07) is 0.521. The second-order valence-electron chi connectivity index (χ2n) is 4.26. The van der Waals surface area contributed by atoms with Gasteiger partial charge in [0.15, 0.2) is 4.96 Å². The average Bonchev–Trinajstić information content (AvgIpc) is 2.87. The monoisotopic (exact) mass is 327 g/mol. The number of hydrogen-bond acceptors (Lipinski definition) is 6. The minimum absolute atomic E-state index is 0.114. The molecule has 2 N–H and O–H groups in total. The lowest BCUT2D eigenvalue weighted by Gasteiger charge is -2.08. The summed E-state index contributed by atoms with van der Waals surface area (Å²) in [6.45, 7) is 1.40. The molecule has 1 amide bonds. The van der Waals surface area contributed by atoms with E-state index in [1.807, 2.05) is 0 Å². The van der Waals surface area contributed by atoms with Crippen molar-refractivity contribution in [3.05, 3.63) is 33.7 Å². The molecule has 0 saturated heterocycles. The summed E-state index contributed by atoms with van der Waals surface area (Å²) in [5.41, 5.74) is 0.451. The van der Waals surface area contributed by atoms with Crippen LogP contribution in [0.4, 0.5) is 0 Å². The van der Waals surface area contributed by atoms with Crippen LogP contribution >= 0.6 is 23.1 Å². The van der Waals surface area contributed by atoms with Crippen LogP contribution in [0.5, 0.6) is 0 Å². The zero-order valence-corrected chi connectivity index (χ0v) is 12.7. The number of carbonyl (C=O) groups excluding carboxylic acids is 1. The highest BCUT2D eigenvalue weighted by Gasteiger charge is 2.13. The maximum absolute atomic E-state index is 11.8. The fourth-order valence-electron chi connectivity index (χ4n) is 1.55. The number of hydrogen-bond donors (Lipinski definition) is 2. The molecular formula is C12H13N3O4S2. The first-order chi connectivity index (χ1) is 9.97. The smallest absolute Gasteiger partial charge is 0.325 e. The number of carboxylic acid groups (broad SMARTS) is 1. The molecule has 9 heteroatoms. The van der Waals surface area contributed by atoms with Gasteiger partial charge in [0, 0.05) is 23.4 Å². The molecule has 1 unspecified atom stereocenters. The van der Waals surface area contributed by atoms with Crippen molar-refractivity contribution in [2.45, 2.75) is 18.7 Å². The van der Waals surface area contributed by atoms with E-state index >= 15 is 0 Å². The Morgan fingerprint density at radius 2 is 2.33 bits per heavy atom. The molecule has 21 heavy (non-hydrogen) atoms. The van der Waals surface area contributed by atoms with E-state index in [1.165, 1.54) is 40.5 Å². The van der Waals surface area contributed by atoms with E-state index < -0.39 is 12.0 Å². The Morgan fingerprint density at radius 3 is 3.05 bits per heavy atom. The normalized spacial score (nSPS) is 12.2. The van der Waals surface area contributed by atoms with Crippen molar-refractivity contribution in [3.8, 4) is 0 Å². The molecule has 112 valence electrons. The number of rotatable bonds is 6. The summed E-state index contributed by atoms with van der Waals surface area (Å²) in [7, 11) is 0. The molecule has 7 nitrogen and oxygen atoms in total. The summed E-state index contributed by atoms with van der Waals surface area (Å²) in [5.74, 6) is -0.906. The maximum Gasteiger partial charge on any atom is 0.325 e. The molecule has 0 radical (unpaired) electrons. The lowest BCUT2D eigenvalue weighted by atomic mass is 10.3. The molecule has 0 aromatic carbocycles. The van der Waals surface area contributed by atoms with Crippen LogP contribution in [-0.2, 0) is 15.3 Å². The SMILES string of the molecule is CC(NC(=O)CSCc1cc(=O)n2ccsc2n1)C(=O)O. The first-order valence-corrected chi connectivity index (χ1v) is 8.06. The second-order valence-corrected chi connectivity index (χ2v) is 6.12. The fourth-order valence-corrected chi connectivity index (χ4v) is 3.02. The van der Waals surface area contributed by atoms with E-state index in [0.717, 1.165) is 0 Å². The first-order valence-electron chi connectivity index (χ1n) is 6.03. The zero-order chi connectivity index (χ0) is 15.4. The minimum Gasteiger partial charge on any atom is -0.480 e. The van der Waals surface area contributed by atoms with E-state index in [9.17, 15) is 14.4 Å². The number of aliphatic carboxylic acids is 1. The molecule has 2 aromatic heterocycles. The number of carboxylic acids is 1. The van der Waals surface area contributed by atoms with Gasteiger partial charge in [-0.2, -0.15) is 0 Å². The van der Waals surface area contributed by atoms with Crippen molar-refractivity contribution in [1.82, 2.24) is 14.7 Å². The number of thiazole rings is 1. The lowest BCUT2D eigenvalue weighted by Crippen LogP contribution is -2.39. The minimum atomic E-state index is -1.08. The average molecular weight is 327 g/mol. The van der Waals surface area contributed by atoms with Gasteiger partial charge in [0.05, 0.1) is 11.4 Å². The van der Waals surface area contributed by atoms with Crippen molar-refractivity contribution < 1.29 is 14.7 Å². The third-order valence-corrected chi connectivity index (χ3v) is 4.31. The van der Waals surface area contributed by atoms with E-state index in [4.69, 9.17) is 5.11 Å². The van der Waals surface area contributed by atoms with Crippen LogP contribution in [0.15, 0.2) is 22.4 Å². The van der Waals surface area contributed by atoms with Crippen LogP contribution in [-0.4, -0.2) is 38.2 Å². The van der Waals surface area contributed by atoms with Crippen LogP contribution in [0.1, 0.15) is 12.6 Å². The molecule has 0 saturated carbocycles. The number of fused-ring (bicyclic) bond motifs is 1. The van der Waals surface area contributed by atoms with E-state index in [1.54, 1.807) is 11.6 Å². The summed E-state index contributed by atoms with van der Waals surface area (Å²) in [6.07, 6.45) is 1.66. The molecule has 0 spiro atoms. The Balaban J connectivity index is 1.89. The molecule has 0 bridgehead atoms. The van der Waals surface area contributed by atoms with Crippen LogP contribution in [0.3, 0.4) is 0 Å². The van der Waals surface area contributed by atoms with E-state index in [2.05, 4.69) is 10.3 Å². The molecule has 0 aliphatic rings. The number of nitrogens with one attached hydrogen (secondary N) is 1. The molecule has 0 fully saturated rings. The number of carbonyl (C=O) groups is 2. The first kappa shape index (κ1) is 15.5. The number of thioether (sulfide) groups is 1. The van der Waals surface area contributed by atoms with Crippen molar-refractivity contribution in [2.75, 3.05) is 5.75 Å². The van der Waals surface area contributed by atoms with Crippen molar-refractivity contribution in [1.29, 1.82) is 0 Å². The predicted octanol–water partition coefficient (Wildman–Crippen LogP) is 0.578. The molecule has 1 atom stereocenters. The highest BCUT2D eigenvalue weighted by atomic mass is 32.2.